The lowest BCUT2D eigenvalue weighted by atomic mass is 10.3. The van der Waals surface area contributed by atoms with Crippen molar-refractivity contribution in [3.05, 3.63) is 27.7 Å². The summed E-state index contributed by atoms with van der Waals surface area (Å²) in [4.78, 5) is 18.9. The van der Waals surface area contributed by atoms with Gasteiger partial charge in [0, 0.05) is 17.0 Å². The molecule has 1 atom stereocenters. The van der Waals surface area contributed by atoms with Crippen molar-refractivity contribution in [3.63, 3.8) is 0 Å². The summed E-state index contributed by atoms with van der Waals surface area (Å²) in [5, 5.41) is 17.2. The maximum absolute atomic E-state index is 10.5. The maximum atomic E-state index is 10.5. The summed E-state index contributed by atoms with van der Waals surface area (Å²) in [7, 11) is 0. The van der Waals surface area contributed by atoms with Gasteiger partial charge in [0.15, 0.2) is 5.13 Å². The van der Waals surface area contributed by atoms with E-state index in [1.54, 1.807) is 22.9 Å². The lowest BCUT2D eigenvalue weighted by Crippen LogP contribution is -2.06. The molecule has 0 fully saturated rings. The number of nitrogens with one attached hydrogen (secondary N) is 1. The Kier molecular flexibility index (Phi) is 3.70. The van der Waals surface area contributed by atoms with Crippen LogP contribution in [0.4, 0.5) is 5.13 Å². The van der Waals surface area contributed by atoms with Crippen molar-refractivity contribution in [2.24, 2.45) is 0 Å². The number of carbonyl (C=O) groups is 1. The van der Waals surface area contributed by atoms with Crippen LogP contribution in [0, 0.1) is 0 Å². The zero-order valence-corrected chi connectivity index (χ0v) is 10.7. The average Bonchev–Trinajstić information content (AvgIpc) is 2.87. The number of carboxylic acids is 1. The van der Waals surface area contributed by atoms with Crippen LogP contribution in [0.2, 0.25) is 0 Å². The van der Waals surface area contributed by atoms with E-state index in [4.69, 9.17) is 5.11 Å². The molecule has 2 heterocycles. The average molecular weight is 269 g/mol. The van der Waals surface area contributed by atoms with Crippen molar-refractivity contribution in [2.75, 3.05) is 5.32 Å². The molecular weight excluding hydrogens is 258 g/mol. The predicted octanol–water partition coefficient (Wildman–Crippen LogP) is 2.40. The van der Waals surface area contributed by atoms with E-state index in [1.807, 2.05) is 12.3 Å². The molecule has 2 rings (SSSR count). The van der Waals surface area contributed by atoms with Crippen LogP contribution in [0.25, 0.3) is 0 Å². The number of rotatable bonds is 5. The third kappa shape index (κ3) is 3.24. The van der Waals surface area contributed by atoms with E-state index in [9.17, 15) is 4.79 Å². The Morgan fingerprint density at radius 2 is 2.41 bits per heavy atom. The van der Waals surface area contributed by atoms with Crippen LogP contribution in [-0.4, -0.2) is 21.0 Å². The van der Waals surface area contributed by atoms with Crippen LogP contribution < -0.4 is 5.32 Å². The zero-order chi connectivity index (χ0) is 12.3. The number of aromatic nitrogens is 2. The molecular formula is C10H11N3O2S2. The van der Waals surface area contributed by atoms with Crippen molar-refractivity contribution in [3.8, 4) is 0 Å². The van der Waals surface area contributed by atoms with Crippen LogP contribution in [0.1, 0.15) is 23.7 Å². The first-order valence-corrected chi connectivity index (χ1v) is 6.73. The number of aliphatic carboxylic acids is 1. The molecule has 0 saturated carbocycles. The maximum Gasteiger partial charge on any atom is 0.309 e. The number of thiazole rings is 2. The molecule has 0 saturated heterocycles. The van der Waals surface area contributed by atoms with E-state index in [-0.39, 0.29) is 12.5 Å². The highest BCUT2D eigenvalue weighted by atomic mass is 32.1. The van der Waals surface area contributed by atoms with Gasteiger partial charge in [-0.1, -0.05) is 0 Å². The molecule has 0 radical (unpaired) electrons. The van der Waals surface area contributed by atoms with Gasteiger partial charge in [-0.05, 0) is 6.92 Å². The fraction of sp³-hybridized carbons (Fsp3) is 0.300. The van der Waals surface area contributed by atoms with Crippen molar-refractivity contribution < 1.29 is 9.90 Å². The molecule has 1 unspecified atom stereocenters. The molecule has 2 N–H and O–H groups in total. The van der Waals surface area contributed by atoms with Gasteiger partial charge in [0.1, 0.15) is 5.01 Å². The molecule has 0 aliphatic heterocycles. The summed E-state index contributed by atoms with van der Waals surface area (Å²) in [5.74, 6) is -0.866. The molecule has 0 amide bonds. The van der Waals surface area contributed by atoms with Gasteiger partial charge in [-0.2, -0.15) is 0 Å². The Balaban J connectivity index is 1.99. The van der Waals surface area contributed by atoms with Crippen LogP contribution >= 0.6 is 22.7 Å². The van der Waals surface area contributed by atoms with E-state index >= 15 is 0 Å². The molecule has 0 aromatic carbocycles. The minimum Gasteiger partial charge on any atom is -0.481 e. The van der Waals surface area contributed by atoms with Crippen LogP contribution in [-0.2, 0) is 11.2 Å². The first-order chi connectivity index (χ1) is 8.15. The molecule has 0 spiro atoms. The molecule has 5 nitrogen and oxygen atoms in total. The molecule has 17 heavy (non-hydrogen) atoms. The van der Waals surface area contributed by atoms with Gasteiger partial charge in [-0.25, -0.2) is 9.97 Å². The Morgan fingerprint density at radius 3 is 3.06 bits per heavy atom. The highest BCUT2D eigenvalue weighted by molar-refractivity contribution is 7.13. The second-order valence-electron chi connectivity index (χ2n) is 3.45. The van der Waals surface area contributed by atoms with Crippen LogP contribution in [0.3, 0.4) is 0 Å². The summed E-state index contributed by atoms with van der Waals surface area (Å²) in [6, 6.07) is 0.0822. The van der Waals surface area contributed by atoms with Gasteiger partial charge >= 0.3 is 5.97 Å². The quantitative estimate of drug-likeness (QED) is 0.871. The second-order valence-corrected chi connectivity index (χ2v) is 5.24. The topological polar surface area (TPSA) is 75.1 Å². The minimum atomic E-state index is -0.866. The fourth-order valence-corrected chi connectivity index (χ4v) is 2.75. The lowest BCUT2D eigenvalue weighted by Gasteiger charge is -2.08. The zero-order valence-electron chi connectivity index (χ0n) is 9.08. The Morgan fingerprint density at radius 1 is 1.59 bits per heavy atom. The van der Waals surface area contributed by atoms with E-state index < -0.39 is 5.97 Å². The van der Waals surface area contributed by atoms with Crippen molar-refractivity contribution in [1.82, 2.24) is 9.97 Å². The Bertz CT molecular complexity index is 495. The van der Waals surface area contributed by atoms with Gasteiger partial charge in [0.2, 0.25) is 0 Å². The minimum absolute atomic E-state index is 0.0379. The van der Waals surface area contributed by atoms with Crippen molar-refractivity contribution in [2.45, 2.75) is 19.4 Å². The number of anilines is 1. The molecule has 0 aliphatic carbocycles. The number of hydrogen-bond acceptors (Lipinski definition) is 6. The number of hydrogen-bond donors (Lipinski definition) is 2. The summed E-state index contributed by atoms with van der Waals surface area (Å²) in [6.07, 6.45) is 1.72. The fourth-order valence-electron chi connectivity index (χ4n) is 1.30. The van der Waals surface area contributed by atoms with Crippen molar-refractivity contribution in [1.29, 1.82) is 0 Å². The molecule has 90 valence electrons. The van der Waals surface area contributed by atoms with Crippen molar-refractivity contribution >= 4 is 33.8 Å². The highest BCUT2D eigenvalue weighted by Crippen LogP contribution is 2.23. The first-order valence-electron chi connectivity index (χ1n) is 4.97. The lowest BCUT2D eigenvalue weighted by molar-refractivity contribution is -0.136. The molecule has 0 aliphatic rings. The monoisotopic (exact) mass is 269 g/mol. The van der Waals surface area contributed by atoms with Gasteiger partial charge < -0.3 is 10.4 Å². The Hall–Kier alpha value is -1.47. The third-order valence-corrected chi connectivity index (χ3v) is 3.83. The predicted molar refractivity (Wildman–Crippen MR) is 67.6 cm³/mol. The molecule has 2 aromatic heterocycles. The smallest absolute Gasteiger partial charge is 0.309 e. The largest absolute Gasteiger partial charge is 0.481 e. The van der Waals surface area contributed by atoms with E-state index in [0.29, 0.717) is 5.69 Å². The SMILES string of the molecule is CC(Nc1nc(CC(=O)O)cs1)c1nccs1. The summed E-state index contributed by atoms with van der Waals surface area (Å²) in [6.45, 7) is 2.00. The van der Waals surface area contributed by atoms with E-state index in [1.165, 1.54) is 11.3 Å². The van der Waals surface area contributed by atoms with Gasteiger partial charge in [-0.3, -0.25) is 4.79 Å². The van der Waals surface area contributed by atoms with Gasteiger partial charge in [-0.15, -0.1) is 22.7 Å². The molecule has 0 bridgehead atoms. The summed E-state index contributed by atoms with van der Waals surface area (Å²) >= 11 is 2.99. The van der Waals surface area contributed by atoms with Gasteiger partial charge in [0.05, 0.1) is 18.2 Å². The normalized spacial score (nSPS) is 12.3. The van der Waals surface area contributed by atoms with Gasteiger partial charge in [0.25, 0.3) is 0 Å². The number of carboxylic acid groups (broad SMARTS) is 1. The third-order valence-electron chi connectivity index (χ3n) is 2.05. The second kappa shape index (κ2) is 5.24. The summed E-state index contributed by atoms with van der Waals surface area (Å²) in [5.41, 5.74) is 0.580. The number of nitrogens with zero attached hydrogens (tertiary/aromatic N) is 2. The standard InChI is InChI=1S/C10H11N3O2S2/c1-6(9-11-2-3-16-9)12-10-13-7(5-17-10)4-8(14)15/h2-3,5-6H,4H2,1H3,(H,12,13)(H,14,15). The highest BCUT2D eigenvalue weighted by Gasteiger charge is 2.11. The van der Waals surface area contributed by atoms with E-state index in [0.717, 1.165) is 10.1 Å². The molecule has 2 aromatic rings. The van der Waals surface area contributed by atoms with Crippen LogP contribution in [0.5, 0.6) is 0 Å². The van der Waals surface area contributed by atoms with E-state index in [2.05, 4.69) is 15.3 Å². The Labute approximate surface area is 106 Å². The molecule has 7 heteroatoms. The summed E-state index contributed by atoms with van der Waals surface area (Å²) < 4.78 is 0. The first kappa shape index (κ1) is 12.0. The van der Waals surface area contributed by atoms with Crippen LogP contribution in [0.15, 0.2) is 17.0 Å².